The van der Waals surface area contributed by atoms with E-state index in [-0.39, 0.29) is 16.3 Å². The second-order valence-corrected chi connectivity index (χ2v) is 6.86. The number of anilines is 1. The Bertz CT molecular complexity index is 928. The van der Waals surface area contributed by atoms with E-state index in [1.807, 2.05) is 6.92 Å². The number of esters is 1. The molecule has 0 spiro atoms. The number of benzene rings is 2. The van der Waals surface area contributed by atoms with Crippen LogP contribution in [0.25, 0.3) is 6.08 Å². The predicted molar refractivity (Wildman–Crippen MR) is 111 cm³/mol. The smallest absolute Gasteiger partial charge is 0.341 e. The monoisotopic (exact) mass is 448 g/mol. The molecule has 0 saturated heterocycles. The summed E-state index contributed by atoms with van der Waals surface area (Å²) in [6, 6.07) is 11.7. The molecular formula is C19H17BrN2O4S. The van der Waals surface area contributed by atoms with E-state index in [0.717, 1.165) is 10.0 Å². The maximum atomic E-state index is 12.2. The summed E-state index contributed by atoms with van der Waals surface area (Å²) in [6.07, 6.45) is 1.32. The van der Waals surface area contributed by atoms with Crippen LogP contribution < -0.4 is 11.1 Å². The summed E-state index contributed by atoms with van der Waals surface area (Å²) in [5, 5.41) is 12.4. The molecule has 1 amide bonds. The Morgan fingerprint density at radius 3 is 2.63 bits per heavy atom. The largest absolute Gasteiger partial charge is 0.507 e. The molecule has 8 heteroatoms. The number of nitrogens with two attached hydrogens (primary N) is 1. The van der Waals surface area contributed by atoms with Gasteiger partial charge in [0.05, 0.1) is 5.57 Å². The zero-order chi connectivity index (χ0) is 20.0. The molecule has 0 unspecified atom stereocenters. The van der Waals surface area contributed by atoms with Crippen molar-refractivity contribution in [2.24, 2.45) is 5.73 Å². The summed E-state index contributed by atoms with van der Waals surface area (Å²) in [7, 11) is 0. The Hall–Kier alpha value is -2.71. The first-order valence-corrected chi connectivity index (χ1v) is 9.00. The molecule has 6 nitrogen and oxygen atoms in total. The Kier molecular flexibility index (Phi) is 7.09. The Balaban J connectivity index is 2.03. The number of thiocarbonyl (C=S) groups is 1. The number of rotatable bonds is 6. The molecule has 2 aromatic carbocycles. The second-order valence-electron chi connectivity index (χ2n) is 5.57. The van der Waals surface area contributed by atoms with E-state index >= 15 is 0 Å². The summed E-state index contributed by atoms with van der Waals surface area (Å²) in [4.78, 5) is 24.0. The van der Waals surface area contributed by atoms with Gasteiger partial charge in [0, 0.05) is 15.7 Å². The van der Waals surface area contributed by atoms with E-state index in [2.05, 4.69) is 21.2 Å². The molecule has 0 radical (unpaired) electrons. The molecule has 0 aliphatic heterocycles. The molecule has 140 valence electrons. The third-order valence-corrected chi connectivity index (χ3v) is 4.61. The van der Waals surface area contributed by atoms with Crippen molar-refractivity contribution in [3.8, 4) is 5.75 Å². The maximum absolute atomic E-state index is 12.2. The van der Waals surface area contributed by atoms with E-state index in [1.165, 1.54) is 12.1 Å². The van der Waals surface area contributed by atoms with Crippen LogP contribution in [-0.4, -0.2) is 28.6 Å². The fourth-order valence-electron chi connectivity index (χ4n) is 2.12. The first-order valence-electron chi connectivity index (χ1n) is 7.80. The number of halogens is 1. The van der Waals surface area contributed by atoms with Crippen LogP contribution in [0.1, 0.15) is 11.1 Å². The van der Waals surface area contributed by atoms with Crippen molar-refractivity contribution in [1.82, 2.24) is 0 Å². The van der Waals surface area contributed by atoms with E-state index < -0.39 is 18.5 Å². The van der Waals surface area contributed by atoms with Gasteiger partial charge in [0.1, 0.15) is 10.7 Å². The van der Waals surface area contributed by atoms with Gasteiger partial charge in [-0.3, -0.25) is 4.79 Å². The highest BCUT2D eigenvalue weighted by molar-refractivity contribution is 9.10. The fraction of sp³-hybridized carbons (Fsp3) is 0.105. The number of carbonyl (C=O) groups is 2. The highest BCUT2D eigenvalue weighted by Crippen LogP contribution is 2.21. The third kappa shape index (κ3) is 5.90. The van der Waals surface area contributed by atoms with Gasteiger partial charge in [0.25, 0.3) is 5.91 Å². The van der Waals surface area contributed by atoms with E-state index in [1.54, 1.807) is 36.4 Å². The summed E-state index contributed by atoms with van der Waals surface area (Å²) < 4.78 is 5.91. The molecule has 0 heterocycles. The minimum Gasteiger partial charge on any atom is -0.507 e. The number of carbonyl (C=O) groups excluding carboxylic acids is 2. The number of hydrogen-bond acceptors (Lipinski definition) is 5. The summed E-state index contributed by atoms with van der Waals surface area (Å²) >= 11 is 8.25. The number of phenolic OH excluding ortho intramolecular Hbond substituents is 1. The molecule has 27 heavy (non-hydrogen) atoms. The molecule has 0 bridgehead atoms. The van der Waals surface area contributed by atoms with Gasteiger partial charge < -0.3 is 20.9 Å². The SMILES string of the molecule is Cc1cc(NC(=O)COC(=O)/C(=C/c2ccccc2O)C(N)=S)ccc1Br. The van der Waals surface area contributed by atoms with Crippen LogP contribution in [0.2, 0.25) is 0 Å². The van der Waals surface area contributed by atoms with Crippen molar-refractivity contribution in [1.29, 1.82) is 0 Å². The number of aryl methyl sites for hydroxylation is 1. The summed E-state index contributed by atoms with van der Waals surface area (Å²) in [5.74, 6) is -1.40. The lowest BCUT2D eigenvalue weighted by Gasteiger charge is -2.09. The van der Waals surface area contributed by atoms with Crippen LogP contribution in [0.15, 0.2) is 52.5 Å². The fourth-order valence-corrected chi connectivity index (χ4v) is 2.51. The van der Waals surface area contributed by atoms with Crippen LogP contribution in [0.5, 0.6) is 5.75 Å². The number of amides is 1. The second kappa shape index (κ2) is 9.29. The molecule has 2 aromatic rings. The molecule has 0 saturated carbocycles. The van der Waals surface area contributed by atoms with Crippen molar-refractivity contribution in [2.75, 3.05) is 11.9 Å². The van der Waals surface area contributed by atoms with Crippen molar-refractivity contribution in [2.45, 2.75) is 6.92 Å². The zero-order valence-corrected chi connectivity index (χ0v) is 16.8. The summed E-state index contributed by atoms with van der Waals surface area (Å²) in [6.45, 7) is 1.38. The van der Waals surface area contributed by atoms with Crippen LogP contribution in [0, 0.1) is 6.92 Å². The Labute approximate surface area is 170 Å². The number of para-hydroxylation sites is 1. The average molecular weight is 449 g/mol. The lowest BCUT2D eigenvalue weighted by Crippen LogP contribution is -2.25. The minimum atomic E-state index is -0.854. The number of hydrogen-bond donors (Lipinski definition) is 3. The molecule has 0 aliphatic rings. The van der Waals surface area contributed by atoms with Gasteiger partial charge in [-0.2, -0.15) is 0 Å². The van der Waals surface area contributed by atoms with Crippen molar-refractivity contribution < 1.29 is 19.4 Å². The van der Waals surface area contributed by atoms with Crippen LogP contribution in [-0.2, 0) is 14.3 Å². The van der Waals surface area contributed by atoms with Crippen LogP contribution in [0.3, 0.4) is 0 Å². The normalized spacial score (nSPS) is 11.0. The molecule has 0 atom stereocenters. The average Bonchev–Trinajstić information content (AvgIpc) is 2.62. The maximum Gasteiger partial charge on any atom is 0.341 e. The van der Waals surface area contributed by atoms with Gasteiger partial charge in [-0.15, -0.1) is 0 Å². The van der Waals surface area contributed by atoms with Crippen molar-refractivity contribution in [3.05, 3.63) is 63.6 Å². The standard InChI is InChI=1S/C19H17BrN2O4S/c1-11-8-13(6-7-15(11)20)22-17(24)10-26-19(25)14(18(21)27)9-12-4-2-3-5-16(12)23/h2-9,23H,10H2,1H3,(H2,21,27)(H,22,24)/b14-9+. The topological polar surface area (TPSA) is 102 Å². The van der Waals surface area contributed by atoms with Crippen molar-refractivity contribution >= 4 is 56.8 Å². The summed E-state index contributed by atoms with van der Waals surface area (Å²) in [5.41, 5.74) is 7.34. The van der Waals surface area contributed by atoms with Crippen molar-refractivity contribution in [3.63, 3.8) is 0 Å². The Morgan fingerprint density at radius 1 is 1.30 bits per heavy atom. The first kappa shape index (κ1) is 20.6. The molecule has 0 fully saturated rings. The highest BCUT2D eigenvalue weighted by atomic mass is 79.9. The quantitative estimate of drug-likeness (QED) is 0.355. The van der Waals surface area contributed by atoms with Gasteiger partial charge in [-0.05, 0) is 42.8 Å². The van der Waals surface area contributed by atoms with Gasteiger partial charge in [0.15, 0.2) is 6.61 Å². The highest BCUT2D eigenvalue weighted by Gasteiger charge is 2.17. The van der Waals surface area contributed by atoms with Crippen LogP contribution >= 0.6 is 28.1 Å². The van der Waals surface area contributed by atoms with Crippen LogP contribution in [0.4, 0.5) is 5.69 Å². The van der Waals surface area contributed by atoms with E-state index in [4.69, 9.17) is 22.7 Å². The molecule has 4 N–H and O–H groups in total. The van der Waals surface area contributed by atoms with E-state index in [9.17, 15) is 14.7 Å². The molecular weight excluding hydrogens is 432 g/mol. The number of aromatic hydroxyl groups is 1. The first-order chi connectivity index (χ1) is 12.8. The predicted octanol–water partition coefficient (Wildman–Crippen LogP) is 3.31. The number of phenols is 1. The molecule has 0 aliphatic carbocycles. The van der Waals surface area contributed by atoms with Gasteiger partial charge in [0.2, 0.25) is 0 Å². The van der Waals surface area contributed by atoms with E-state index in [0.29, 0.717) is 11.3 Å². The number of nitrogens with one attached hydrogen (secondary N) is 1. The lowest BCUT2D eigenvalue weighted by atomic mass is 10.1. The molecule has 0 aromatic heterocycles. The molecule has 2 rings (SSSR count). The number of ether oxygens (including phenoxy) is 1. The van der Waals surface area contributed by atoms with Gasteiger partial charge in [-0.25, -0.2) is 4.79 Å². The zero-order valence-electron chi connectivity index (χ0n) is 14.4. The third-order valence-electron chi connectivity index (χ3n) is 3.50. The van der Waals surface area contributed by atoms with Gasteiger partial charge in [-0.1, -0.05) is 46.3 Å². The lowest BCUT2D eigenvalue weighted by molar-refractivity contribution is -0.142. The Morgan fingerprint density at radius 2 is 2.00 bits per heavy atom. The minimum absolute atomic E-state index is 0.0394. The van der Waals surface area contributed by atoms with Gasteiger partial charge >= 0.3 is 5.97 Å².